The van der Waals surface area contributed by atoms with Crippen molar-refractivity contribution in [2.75, 3.05) is 31.7 Å². The van der Waals surface area contributed by atoms with E-state index in [-0.39, 0.29) is 23.0 Å². The van der Waals surface area contributed by atoms with Gasteiger partial charge in [-0.25, -0.2) is 4.79 Å². The third-order valence-electron chi connectivity index (χ3n) is 5.27. The van der Waals surface area contributed by atoms with E-state index < -0.39 is 11.7 Å². The number of halogens is 3. The number of nitrogens with zero attached hydrogens (tertiary/aromatic N) is 3. The third kappa shape index (κ3) is 6.35. The number of carbonyl (C=O) groups is 1. The van der Waals surface area contributed by atoms with E-state index in [1.54, 1.807) is 4.57 Å². The molecule has 174 valence electrons. The smallest absolute Gasteiger partial charge is 0.325 e. The molecular formula is C22H27F3N4O2S. The van der Waals surface area contributed by atoms with Crippen LogP contribution in [0.2, 0.25) is 0 Å². The number of hydrogen-bond donors (Lipinski definition) is 1. The van der Waals surface area contributed by atoms with Crippen LogP contribution in [0.3, 0.4) is 0 Å². The van der Waals surface area contributed by atoms with Gasteiger partial charge in [-0.1, -0.05) is 11.8 Å². The average Bonchev–Trinajstić information content (AvgIpc) is 2.73. The average molecular weight is 469 g/mol. The molecule has 1 aromatic carbocycles. The van der Waals surface area contributed by atoms with Crippen LogP contribution < -0.4 is 11.0 Å². The van der Waals surface area contributed by atoms with Crippen LogP contribution in [0.1, 0.15) is 36.1 Å². The Hall–Kier alpha value is -2.33. The monoisotopic (exact) mass is 468 g/mol. The lowest BCUT2D eigenvalue weighted by Gasteiger charge is -2.23. The number of thioether (sulfide) groups is 1. The molecule has 0 radical (unpaired) electrons. The fourth-order valence-electron chi connectivity index (χ4n) is 3.72. The highest BCUT2D eigenvalue weighted by atomic mass is 32.2. The number of hydrogen-bond acceptors (Lipinski definition) is 5. The number of fused-ring (bicyclic) bond motifs is 1. The summed E-state index contributed by atoms with van der Waals surface area (Å²) in [5.74, 6) is -0.346. The van der Waals surface area contributed by atoms with Gasteiger partial charge in [-0.15, -0.1) is 0 Å². The van der Waals surface area contributed by atoms with Crippen molar-refractivity contribution in [2.24, 2.45) is 0 Å². The molecule has 0 fully saturated rings. The van der Waals surface area contributed by atoms with Crippen molar-refractivity contribution in [1.29, 1.82) is 0 Å². The van der Waals surface area contributed by atoms with Gasteiger partial charge in [-0.2, -0.15) is 18.2 Å². The van der Waals surface area contributed by atoms with Crippen LogP contribution in [0.4, 0.5) is 18.9 Å². The first kappa shape index (κ1) is 24.3. The Bertz CT molecular complexity index is 1000. The van der Waals surface area contributed by atoms with Crippen LogP contribution in [0, 0.1) is 0 Å². The maximum Gasteiger partial charge on any atom is 0.416 e. The zero-order chi connectivity index (χ0) is 23.3. The molecule has 3 rings (SSSR count). The Morgan fingerprint density at radius 3 is 2.53 bits per heavy atom. The Labute approximate surface area is 189 Å². The molecule has 0 spiro atoms. The van der Waals surface area contributed by atoms with E-state index in [0.29, 0.717) is 11.6 Å². The molecule has 0 aliphatic heterocycles. The lowest BCUT2D eigenvalue weighted by Crippen LogP contribution is -2.31. The molecular weight excluding hydrogens is 441 g/mol. The van der Waals surface area contributed by atoms with Gasteiger partial charge >= 0.3 is 11.9 Å². The van der Waals surface area contributed by atoms with Gasteiger partial charge in [-0.3, -0.25) is 9.36 Å². The number of benzene rings is 1. The molecule has 1 aliphatic rings. The van der Waals surface area contributed by atoms with E-state index in [2.05, 4.69) is 15.2 Å². The van der Waals surface area contributed by atoms with E-state index in [4.69, 9.17) is 0 Å². The van der Waals surface area contributed by atoms with E-state index >= 15 is 0 Å². The second kappa shape index (κ2) is 10.5. The maximum atomic E-state index is 12.7. The molecule has 0 saturated heterocycles. The summed E-state index contributed by atoms with van der Waals surface area (Å²) in [4.78, 5) is 31.3. The molecule has 0 saturated carbocycles. The van der Waals surface area contributed by atoms with Gasteiger partial charge in [0.25, 0.3) is 0 Å². The molecule has 0 unspecified atom stereocenters. The Morgan fingerprint density at radius 1 is 1.19 bits per heavy atom. The van der Waals surface area contributed by atoms with Crippen LogP contribution in [-0.2, 0) is 30.4 Å². The van der Waals surface area contributed by atoms with Gasteiger partial charge in [0.05, 0.1) is 11.3 Å². The summed E-state index contributed by atoms with van der Waals surface area (Å²) in [6.45, 7) is 1.49. The second-order valence-electron chi connectivity index (χ2n) is 8.05. The molecule has 1 aromatic heterocycles. The summed E-state index contributed by atoms with van der Waals surface area (Å²) in [7, 11) is 3.98. The number of rotatable bonds is 8. The summed E-state index contributed by atoms with van der Waals surface area (Å²) < 4.78 is 39.8. The SMILES string of the molecule is CN(C)CCCn1c2c(c(SCC(=O)Nc3ccc(C(F)(F)F)cc3)nc1=O)CCCC2. The van der Waals surface area contributed by atoms with E-state index in [0.717, 1.165) is 62.0 Å². The van der Waals surface area contributed by atoms with Crippen molar-refractivity contribution in [1.82, 2.24) is 14.5 Å². The fourth-order valence-corrected chi connectivity index (χ4v) is 4.59. The van der Waals surface area contributed by atoms with Crippen LogP contribution in [0.25, 0.3) is 0 Å². The topological polar surface area (TPSA) is 67.2 Å². The van der Waals surface area contributed by atoms with Gasteiger partial charge in [0.15, 0.2) is 0 Å². The van der Waals surface area contributed by atoms with Crippen LogP contribution in [-0.4, -0.2) is 46.8 Å². The fraction of sp³-hybridized carbons (Fsp3) is 0.500. The predicted octanol–water partition coefficient (Wildman–Crippen LogP) is 3.82. The van der Waals surface area contributed by atoms with Gasteiger partial charge in [0.1, 0.15) is 5.03 Å². The molecule has 0 bridgehead atoms. The minimum atomic E-state index is -4.42. The summed E-state index contributed by atoms with van der Waals surface area (Å²) in [5.41, 5.74) is 1.27. The highest BCUT2D eigenvalue weighted by Gasteiger charge is 2.30. The highest BCUT2D eigenvalue weighted by molar-refractivity contribution is 8.00. The van der Waals surface area contributed by atoms with Gasteiger partial charge in [0, 0.05) is 23.5 Å². The largest absolute Gasteiger partial charge is 0.416 e. The molecule has 1 N–H and O–H groups in total. The van der Waals surface area contributed by atoms with Crippen LogP contribution >= 0.6 is 11.8 Å². The van der Waals surface area contributed by atoms with Crippen molar-refractivity contribution < 1.29 is 18.0 Å². The lowest BCUT2D eigenvalue weighted by atomic mass is 9.97. The summed E-state index contributed by atoms with van der Waals surface area (Å²) in [6.07, 6.45) is 0.0942. The number of amides is 1. The molecule has 1 heterocycles. The van der Waals surface area contributed by atoms with Crippen molar-refractivity contribution in [3.8, 4) is 0 Å². The summed E-state index contributed by atoms with van der Waals surface area (Å²) in [6, 6.07) is 4.30. The molecule has 1 amide bonds. The third-order valence-corrected chi connectivity index (χ3v) is 6.29. The van der Waals surface area contributed by atoms with Crippen LogP contribution in [0.5, 0.6) is 0 Å². The van der Waals surface area contributed by atoms with E-state index in [9.17, 15) is 22.8 Å². The van der Waals surface area contributed by atoms with Crippen molar-refractivity contribution in [2.45, 2.75) is 49.9 Å². The Morgan fingerprint density at radius 2 is 1.88 bits per heavy atom. The Kier molecular flexibility index (Phi) is 8.00. The minimum Gasteiger partial charge on any atom is -0.325 e. The van der Waals surface area contributed by atoms with Crippen molar-refractivity contribution in [3.63, 3.8) is 0 Å². The Balaban J connectivity index is 1.67. The minimum absolute atomic E-state index is 0.0184. The first-order chi connectivity index (χ1) is 15.1. The summed E-state index contributed by atoms with van der Waals surface area (Å²) >= 11 is 1.20. The van der Waals surface area contributed by atoms with E-state index in [1.807, 2.05) is 14.1 Å². The lowest BCUT2D eigenvalue weighted by molar-refractivity contribution is -0.137. The van der Waals surface area contributed by atoms with Gasteiger partial charge in [-0.05, 0) is 77.0 Å². The van der Waals surface area contributed by atoms with Crippen molar-refractivity contribution in [3.05, 3.63) is 51.6 Å². The molecule has 2 aromatic rings. The normalized spacial score (nSPS) is 13.8. The number of aromatic nitrogens is 2. The first-order valence-corrected chi connectivity index (χ1v) is 11.5. The number of anilines is 1. The molecule has 0 atom stereocenters. The quantitative estimate of drug-likeness (QED) is 0.471. The van der Waals surface area contributed by atoms with E-state index in [1.165, 1.54) is 23.9 Å². The molecule has 6 nitrogen and oxygen atoms in total. The summed E-state index contributed by atoms with van der Waals surface area (Å²) in [5, 5.41) is 3.17. The first-order valence-electron chi connectivity index (χ1n) is 10.5. The number of carbonyl (C=O) groups excluding carboxylic acids is 1. The zero-order valence-corrected chi connectivity index (χ0v) is 19.0. The van der Waals surface area contributed by atoms with Crippen LogP contribution in [0.15, 0.2) is 34.1 Å². The van der Waals surface area contributed by atoms with Gasteiger partial charge in [0.2, 0.25) is 5.91 Å². The molecule has 10 heteroatoms. The molecule has 32 heavy (non-hydrogen) atoms. The predicted molar refractivity (Wildman–Crippen MR) is 119 cm³/mol. The number of nitrogens with one attached hydrogen (secondary N) is 1. The zero-order valence-electron chi connectivity index (χ0n) is 18.2. The molecule has 1 aliphatic carbocycles. The number of alkyl halides is 3. The second-order valence-corrected chi connectivity index (χ2v) is 9.02. The van der Waals surface area contributed by atoms with Gasteiger partial charge < -0.3 is 10.2 Å². The van der Waals surface area contributed by atoms with Crippen molar-refractivity contribution >= 4 is 23.4 Å². The standard InChI is InChI=1S/C22H27F3N4O2S/c1-28(2)12-5-13-29-18-7-4-3-6-17(18)20(27-21(29)31)32-14-19(30)26-16-10-8-15(9-11-16)22(23,24)25/h8-11H,3-7,12-14H2,1-2H3,(H,26,30). The highest BCUT2D eigenvalue weighted by Crippen LogP contribution is 2.30. The maximum absolute atomic E-state index is 12.7.